The maximum absolute atomic E-state index is 11.8. The number of carbonyl (C=O) groups excluding carboxylic acids is 1. The molecule has 0 aliphatic rings. The van der Waals surface area contributed by atoms with Crippen LogP contribution in [-0.4, -0.2) is 33.4 Å². The Balaban J connectivity index is 2.35. The Bertz CT molecular complexity index is 432. The number of aromatic nitrogens is 2. The monoisotopic (exact) mass is 267 g/mol. The highest BCUT2D eigenvalue weighted by Crippen LogP contribution is 2.20. The van der Waals surface area contributed by atoms with E-state index in [0.717, 1.165) is 11.4 Å². The molecule has 0 aliphatic carbocycles. The highest BCUT2D eigenvalue weighted by molar-refractivity contribution is 5.75. The van der Waals surface area contributed by atoms with Crippen LogP contribution in [-0.2, 0) is 11.3 Å². The molecule has 1 heterocycles. The van der Waals surface area contributed by atoms with E-state index in [0.29, 0.717) is 13.0 Å². The summed E-state index contributed by atoms with van der Waals surface area (Å²) in [5.74, 6) is -0.0766. The zero-order valence-electron chi connectivity index (χ0n) is 12.5. The van der Waals surface area contributed by atoms with Gasteiger partial charge in [0.2, 0.25) is 5.91 Å². The normalized spacial score (nSPS) is 13.4. The average Bonchev–Trinajstić information content (AvgIpc) is 2.55. The van der Waals surface area contributed by atoms with Crippen molar-refractivity contribution >= 4 is 5.91 Å². The van der Waals surface area contributed by atoms with Gasteiger partial charge in [0.25, 0.3) is 0 Å². The van der Waals surface area contributed by atoms with Crippen molar-refractivity contribution in [3.05, 3.63) is 17.5 Å². The maximum Gasteiger partial charge on any atom is 0.241 e. The fourth-order valence-electron chi connectivity index (χ4n) is 1.81. The number of aliphatic hydroxyl groups excluding tert-OH is 1. The van der Waals surface area contributed by atoms with Crippen LogP contribution in [0.15, 0.2) is 6.07 Å². The van der Waals surface area contributed by atoms with Gasteiger partial charge in [-0.2, -0.15) is 5.10 Å². The van der Waals surface area contributed by atoms with Gasteiger partial charge in [-0.3, -0.25) is 9.48 Å². The van der Waals surface area contributed by atoms with E-state index in [1.807, 2.05) is 40.7 Å². The van der Waals surface area contributed by atoms with Crippen LogP contribution in [0.4, 0.5) is 0 Å². The molecule has 1 aromatic heterocycles. The Labute approximate surface area is 115 Å². The second kappa shape index (κ2) is 6.19. The molecule has 0 saturated carbocycles. The number of aryl methyl sites for hydroxylation is 2. The molecule has 1 amide bonds. The highest BCUT2D eigenvalue weighted by Gasteiger charge is 2.21. The van der Waals surface area contributed by atoms with E-state index in [2.05, 4.69) is 10.4 Å². The largest absolute Gasteiger partial charge is 0.393 e. The predicted octanol–water partition coefficient (Wildman–Crippen LogP) is 1.41. The molecule has 1 aromatic rings. The van der Waals surface area contributed by atoms with Crippen molar-refractivity contribution in [3.63, 3.8) is 0 Å². The van der Waals surface area contributed by atoms with Gasteiger partial charge in [0.15, 0.2) is 0 Å². The van der Waals surface area contributed by atoms with Crippen molar-refractivity contribution in [2.45, 2.75) is 53.7 Å². The number of carbonyl (C=O) groups is 1. The molecule has 0 spiro atoms. The molecule has 0 radical (unpaired) electrons. The van der Waals surface area contributed by atoms with Crippen LogP contribution in [0, 0.1) is 19.3 Å². The first-order valence-corrected chi connectivity index (χ1v) is 6.66. The lowest BCUT2D eigenvalue weighted by Gasteiger charge is -2.25. The minimum absolute atomic E-state index is 0.0766. The maximum atomic E-state index is 11.8. The molecule has 19 heavy (non-hydrogen) atoms. The molecule has 0 aliphatic heterocycles. The number of rotatable bonds is 5. The van der Waals surface area contributed by atoms with Crippen molar-refractivity contribution in [2.24, 2.45) is 5.41 Å². The lowest BCUT2D eigenvalue weighted by Crippen LogP contribution is -2.34. The average molecular weight is 267 g/mol. The number of hydrogen-bond donors (Lipinski definition) is 2. The lowest BCUT2D eigenvalue weighted by molar-refractivity contribution is -0.122. The molecule has 108 valence electrons. The fraction of sp³-hybridized carbons (Fsp3) is 0.714. The molecule has 1 atom stereocenters. The van der Waals surface area contributed by atoms with E-state index in [9.17, 15) is 9.90 Å². The number of amides is 1. The molecule has 0 saturated heterocycles. The number of aliphatic hydroxyl groups is 1. The van der Waals surface area contributed by atoms with E-state index in [1.165, 1.54) is 0 Å². The Morgan fingerprint density at radius 2 is 2.11 bits per heavy atom. The Morgan fingerprint density at radius 3 is 2.58 bits per heavy atom. The lowest BCUT2D eigenvalue weighted by atomic mass is 9.87. The second-order valence-electron chi connectivity index (χ2n) is 6.11. The van der Waals surface area contributed by atoms with E-state index in [-0.39, 0.29) is 17.9 Å². The van der Waals surface area contributed by atoms with Crippen molar-refractivity contribution in [3.8, 4) is 0 Å². The molecule has 5 nitrogen and oxygen atoms in total. The summed E-state index contributed by atoms with van der Waals surface area (Å²) in [6.07, 6.45) is 0.147. The van der Waals surface area contributed by atoms with Crippen LogP contribution in [0.3, 0.4) is 0 Å². The van der Waals surface area contributed by atoms with Gasteiger partial charge in [-0.05, 0) is 31.7 Å². The quantitative estimate of drug-likeness (QED) is 0.847. The fourth-order valence-corrected chi connectivity index (χ4v) is 1.81. The van der Waals surface area contributed by atoms with E-state index >= 15 is 0 Å². The number of hydrogen-bond acceptors (Lipinski definition) is 3. The second-order valence-corrected chi connectivity index (χ2v) is 6.11. The topological polar surface area (TPSA) is 67.2 Å². The van der Waals surface area contributed by atoms with Gasteiger partial charge < -0.3 is 10.4 Å². The third-order valence-corrected chi connectivity index (χ3v) is 3.14. The Kier molecular flexibility index (Phi) is 5.11. The summed E-state index contributed by atoms with van der Waals surface area (Å²) in [7, 11) is 0. The minimum Gasteiger partial charge on any atom is -0.393 e. The summed E-state index contributed by atoms with van der Waals surface area (Å²) in [5.41, 5.74) is 1.73. The van der Waals surface area contributed by atoms with Crippen LogP contribution in [0.25, 0.3) is 0 Å². The van der Waals surface area contributed by atoms with Crippen molar-refractivity contribution < 1.29 is 9.90 Å². The highest BCUT2D eigenvalue weighted by atomic mass is 16.3. The van der Waals surface area contributed by atoms with E-state index < -0.39 is 6.10 Å². The molecular formula is C14H25N3O2. The summed E-state index contributed by atoms with van der Waals surface area (Å²) in [6.45, 7) is 10.5. The van der Waals surface area contributed by atoms with Crippen LogP contribution in [0.1, 0.15) is 38.6 Å². The van der Waals surface area contributed by atoms with Crippen molar-refractivity contribution in [2.75, 3.05) is 6.54 Å². The van der Waals surface area contributed by atoms with Crippen LogP contribution in [0.2, 0.25) is 0 Å². The standard InChI is InChI=1S/C14H25N3O2/c1-10-8-11(2)17(16-10)9-13(19)15-7-6-12(18)14(3,4)5/h8,12,18H,6-7,9H2,1-5H3,(H,15,19)/t12-/m0/s1. The molecule has 0 fully saturated rings. The summed E-state index contributed by atoms with van der Waals surface area (Å²) >= 11 is 0. The Hall–Kier alpha value is -1.36. The Morgan fingerprint density at radius 1 is 1.47 bits per heavy atom. The first kappa shape index (κ1) is 15.7. The van der Waals surface area contributed by atoms with Gasteiger partial charge in [0, 0.05) is 12.2 Å². The van der Waals surface area contributed by atoms with E-state index in [4.69, 9.17) is 0 Å². The SMILES string of the molecule is Cc1cc(C)n(CC(=O)NCC[C@H](O)C(C)(C)C)n1. The zero-order chi connectivity index (χ0) is 14.6. The van der Waals surface area contributed by atoms with E-state index in [1.54, 1.807) is 4.68 Å². The third-order valence-electron chi connectivity index (χ3n) is 3.14. The third kappa shape index (κ3) is 5.03. The summed E-state index contributed by atoms with van der Waals surface area (Å²) in [4.78, 5) is 11.8. The molecule has 1 rings (SSSR count). The first-order chi connectivity index (χ1) is 8.70. The van der Waals surface area contributed by atoms with Gasteiger partial charge in [-0.15, -0.1) is 0 Å². The molecular weight excluding hydrogens is 242 g/mol. The predicted molar refractivity (Wildman–Crippen MR) is 74.8 cm³/mol. The van der Waals surface area contributed by atoms with Gasteiger partial charge >= 0.3 is 0 Å². The van der Waals surface area contributed by atoms with Gasteiger partial charge in [-0.1, -0.05) is 20.8 Å². The molecule has 0 bridgehead atoms. The first-order valence-electron chi connectivity index (χ1n) is 6.66. The minimum atomic E-state index is -0.415. The summed E-state index contributed by atoms with van der Waals surface area (Å²) in [6, 6.07) is 1.94. The molecule has 0 aromatic carbocycles. The number of nitrogens with zero attached hydrogens (tertiary/aromatic N) is 2. The molecule has 5 heteroatoms. The molecule has 2 N–H and O–H groups in total. The zero-order valence-corrected chi connectivity index (χ0v) is 12.5. The number of nitrogens with one attached hydrogen (secondary N) is 1. The van der Waals surface area contributed by atoms with Crippen molar-refractivity contribution in [1.82, 2.24) is 15.1 Å². The van der Waals surface area contributed by atoms with Crippen LogP contribution >= 0.6 is 0 Å². The van der Waals surface area contributed by atoms with Crippen LogP contribution in [0.5, 0.6) is 0 Å². The summed E-state index contributed by atoms with van der Waals surface area (Å²) in [5, 5.41) is 16.9. The van der Waals surface area contributed by atoms with Gasteiger partial charge in [0.1, 0.15) is 6.54 Å². The van der Waals surface area contributed by atoms with Gasteiger partial charge in [0.05, 0.1) is 11.8 Å². The summed E-state index contributed by atoms with van der Waals surface area (Å²) < 4.78 is 1.69. The van der Waals surface area contributed by atoms with Crippen LogP contribution < -0.4 is 5.32 Å². The van der Waals surface area contributed by atoms with Crippen molar-refractivity contribution in [1.29, 1.82) is 0 Å². The molecule has 0 unspecified atom stereocenters. The smallest absolute Gasteiger partial charge is 0.241 e. The van der Waals surface area contributed by atoms with Gasteiger partial charge in [-0.25, -0.2) is 0 Å².